The predicted molar refractivity (Wildman–Crippen MR) is 80.8 cm³/mol. The lowest BCUT2D eigenvalue weighted by Gasteiger charge is -2.44. The normalized spacial score (nSPS) is 30.4. The smallest absolute Gasteiger partial charge is 0.0965 e. The highest BCUT2D eigenvalue weighted by molar-refractivity contribution is 7.09. The third-order valence-corrected chi connectivity index (χ3v) is 5.77. The van der Waals surface area contributed by atoms with Crippen LogP contribution in [0.2, 0.25) is 0 Å². The van der Waals surface area contributed by atoms with Crippen LogP contribution in [0.25, 0.3) is 0 Å². The number of aromatic nitrogens is 1. The van der Waals surface area contributed by atoms with E-state index in [1.165, 1.54) is 50.4 Å². The molecule has 0 saturated carbocycles. The molecule has 2 fully saturated rings. The Hall–Kier alpha value is -0.450. The van der Waals surface area contributed by atoms with Crippen molar-refractivity contribution in [3.05, 3.63) is 16.6 Å². The number of fused-ring (bicyclic) bond motifs is 1. The Morgan fingerprint density at radius 2 is 2.37 bits per heavy atom. The average molecular weight is 279 g/mol. The molecule has 0 bridgehead atoms. The van der Waals surface area contributed by atoms with Crippen molar-refractivity contribution in [3.63, 3.8) is 0 Å². The van der Waals surface area contributed by atoms with E-state index in [0.29, 0.717) is 5.92 Å². The predicted octanol–water partition coefficient (Wildman–Crippen LogP) is 2.81. The third-order valence-electron chi connectivity index (χ3n) is 4.76. The summed E-state index contributed by atoms with van der Waals surface area (Å²) < 4.78 is 0. The fourth-order valence-electron chi connectivity index (χ4n) is 3.67. The molecule has 0 aliphatic carbocycles. The molecule has 0 N–H and O–H groups in total. The van der Waals surface area contributed by atoms with E-state index < -0.39 is 0 Å². The third kappa shape index (κ3) is 2.86. The summed E-state index contributed by atoms with van der Waals surface area (Å²) in [5.41, 5.74) is 0. The zero-order valence-electron chi connectivity index (χ0n) is 12.1. The second kappa shape index (κ2) is 5.90. The van der Waals surface area contributed by atoms with Crippen LogP contribution in [0.3, 0.4) is 0 Å². The van der Waals surface area contributed by atoms with Gasteiger partial charge in [-0.2, -0.15) is 0 Å². The van der Waals surface area contributed by atoms with Crippen molar-refractivity contribution in [3.8, 4) is 0 Å². The fraction of sp³-hybridized carbons (Fsp3) is 0.800. The van der Waals surface area contributed by atoms with E-state index in [0.717, 1.165) is 12.1 Å². The van der Waals surface area contributed by atoms with Crippen molar-refractivity contribution >= 4 is 11.3 Å². The van der Waals surface area contributed by atoms with Crippen LogP contribution in [0, 0.1) is 0 Å². The summed E-state index contributed by atoms with van der Waals surface area (Å²) in [6.07, 6.45) is 6.01. The Kier molecular flexibility index (Phi) is 4.20. The van der Waals surface area contributed by atoms with Gasteiger partial charge in [-0.25, -0.2) is 4.98 Å². The number of rotatable bonds is 4. The zero-order valence-corrected chi connectivity index (χ0v) is 12.9. The van der Waals surface area contributed by atoms with Crippen molar-refractivity contribution in [1.82, 2.24) is 14.8 Å². The molecule has 3 heterocycles. The van der Waals surface area contributed by atoms with Crippen LogP contribution in [0.1, 0.15) is 44.0 Å². The molecule has 3 unspecified atom stereocenters. The number of nitrogens with zero attached hydrogens (tertiary/aromatic N) is 3. The van der Waals surface area contributed by atoms with Crippen molar-refractivity contribution in [2.24, 2.45) is 0 Å². The minimum Gasteiger partial charge on any atom is -0.298 e. The molecular formula is C15H25N3S. The van der Waals surface area contributed by atoms with E-state index in [9.17, 15) is 0 Å². The van der Waals surface area contributed by atoms with Gasteiger partial charge >= 0.3 is 0 Å². The van der Waals surface area contributed by atoms with Gasteiger partial charge in [0.05, 0.1) is 5.01 Å². The van der Waals surface area contributed by atoms with Gasteiger partial charge in [-0.1, -0.05) is 13.8 Å². The van der Waals surface area contributed by atoms with Crippen molar-refractivity contribution in [2.45, 2.75) is 51.1 Å². The number of hydrogen-bond acceptors (Lipinski definition) is 4. The van der Waals surface area contributed by atoms with Gasteiger partial charge < -0.3 is 0 Å². The van der Waals surface area contributed by atoms with Crippen LogP contribution in [0.4, 0.5) is 0 Å². The molecule has 0 amide bonds. The molecule has 2 aliphatic heterocycles. The minimum absolute atomic E-state index is 0.571. The molecule has 19 heavy (non-hydrogen) atoms. The Bertz CT molecular complexity index is 392. The first kappa shape index (κ1) is 13.5. The maximum Gasteiger partial charge on any atom is 0.0965 e. The van der Waals surface area contributed by atoms with Crippen molar-refractivity contribution < 1.29 is 0 Å². The Labute approximate surface area is 120 Å². The first-order chi connectivity index (χ1) is 9.28. The fourth-order valence-corrected chi connectivity index (χ4v) is 4.36. The molecular weight excluding hydrogens is 254 g/mol. The van der Waals surface area contributed by atoms with Gasteiger partial charge in [-0.3, -0.25) is 9.80 Å². The standard InChI is InChI=1S/C15H25N3S/c1-3-13-10-17-7-4-5-14(17)11-18(13)9-12(2)15-16-6-8-19-15/h6,8,12-14H,3-5,7,9-11H2,1-2H3. The first-order valence-corrected chi connectivity index (χ1v) is 8.53. The molecule has 3 atom stereocenters. The zero-order chi connectivity index (χ0) is 13.2. The monoisotopic (exact) mass is 279 g/mol. The maximum absolute atomic E-state index is 4.48. The van der Waals surface area contributed by atoms with E-state index in [1.807, 2.05) is 6.20 Å². The van der Waals surface area contributed by atoms with Gasteiger partial charge in [0.15, 0.2) is 0 Å². The first-order valence-electron chi connectivity index (χ1n) is 7.65. The Balaban J connectivity index is 1.65. The molecule has 106 valence electrons. The van der Waals surface area contributed by atoms with Crippen LogP contribution >= 0.6 is 11.3 Å². The quantitative estimate of drug-likeness (QED) is 0.845. The molecule has 2 saturated heterocycles. The highest BCUT2D eigenvalue weighted by Gasteiger charge is 2.35. The van der Waals surface area contributed by atoms with Gasteiger partial charge in [0.1, 0.15) is 0 Å². The van der Waals surface area contributed by atoms with E-state index in [-0.39, 0.29) is 0 Å². The number of hydrogen-bond donors (Lipinski definition) is 0. The van der Waals surface area contributed by atoms with Crippen LogP contribution < -0.4 is 0 Å². The SMILES string of the molecule is CCC1CN2CCCC2CN1CC(C)c1nccs1. The van der Waals surface area contributed by atoms with Crippen LogP contribution in [-0.4, -0.2) is 53.0 Å². The summed E-state index contributed by atoms with van der Waals surface area (Å²) >= 11 is 1.80. The van der Waals surface area contributed by atoms with Gasteiger partial charge in [0.2, 0.25) is 0 Å². The number of piperazine rings is 1. The Morgan fingerprint density at radius 1 is 1.47 bits per heavy atom. The second-order valence-electron chi connectivity index (χ2n) is 6.08. The largest absolute Gasteiger partial charge is 0.298 e. The lowest BCUT2D eigenvalue weighted by atomic mass is 10.0. The second-order valence-corrected chi connectivity index (χ2v) is 7.00. The molecule has 3 rings (SSSR count). The lowest BCUT2D eigenvalue weighted by molar-refractivity contribution is 0.0459. The van der Waals surface area contributed by atoms with E-state index >= 15 is 0 Å². The average Bonchev–Trinajstić information content (AvgIpc) is 3.08. The Morgan fingerprint density at radius 3 is 3.11 bits per heavy atom. The van der Waals surface area contributed by atoms with Crippen molar-refractivity contribution in [2.75, 3.05) is 26.2 Å². The summed E-state index contributed by atoms with van der Waals surface area (Å²) in [5.74, 6) is 0.571. The van der Waals surface area contributed by atoms with E-state index in [2.05, 4.69) is 34.0 Å². The molecule has 1 aromatic heterocycles. The highest BCUT2D eigenvalue weighted by Crippen LogP contribution is 2.28. The highest BCUT2D eigenvalue weighted by atomic mass is 32.1. The summed E-state index contributed by atoms with van der Waals surface area (Å²) in [4.78, 5) is 9.94. The molecule has 1 aromatic rings. The molecule has 2 aliphatic rings. The minimum atomic E-state index is 0.571. The van der Waals surface area contributed by atoms with Crippen LogP contribution in [0.5, 0.6) is 0 Å². The van der Waals surface area contributed by atoms with E-state index in [1.54, 1.807) is 11.3 Å². The van der Waals surface area contributed by atoms with Gasteiger partial charge in [-0.05, 0) is 25.8 Å². The molecule has 4 heteroatoms. The molecule has 3 nitrogen and oxygen atoms in total. The van der Waals surface area contributed by atoms with E-state index in [4.69, 9.17) is 0 Å². The summed E-state index contributed by atoms with van der Waals surface area (Å²) in [5, 5.41) is 3.39. The lowest BCUT2D eigenvalue weighted by Crippen LogP contribution is -2.56. The van der Waals surface area contributed by atoms with Gasteiger partial charge in [-0.15, -0.1) is 11.3 Å². The number of thiazole rings is 1. The summed E-state index contributed by atoms with van der Waals surface area (Å²) in [6.45, 7) is 9.72. The molecule has 0 radical (unpaired) electrons. The summed E-state index contributed by atoms with van der Waals surface area (Å²) in [6, 6.07) is 1.57. The van der Waals surface area contributed by atoms with Crippen LogP contribution in [-0.2, 0) is 0 Å². The maximum atomic E-state index is 4.48. The molecule has 0 aromatic carbocycles. The van der Waals surface area contributed by atoms with Crippen molar-refractivity contribution in [1.29, 1.82) is 0 Å². The van der Waals surface area contributed by atoms with Gasteiger partial charge in [0, 0.05) is 49.2 Å². The van der Waals surface area contributed by atoms with Gasteiger partial charge in [0.25, 0.3) is 0 Å². The topological polar surface area (TPSA) is 19.4 Å². The summed E-state index contributed by atoms with van der Waals surface area (Å²) in [7, 11) is 0. The van der Waals surface area contributed by atoms with Crippen LogP contribution in [0.15, 0.2) is 11.6 Å². The molecule has 0 spiro atoms.